The number of rotatable bonds is 7. The highest BCUT2D eigenvalue weighted by Gasteiger charge is 2.23. The van der Waals surface area contributed by atoms with E-state index in [0.717, 1.165) is 19.4 Å². The maximum Gasteiger partial charge on any atom is 0.0781 e. The highest BCUT2D eigenvalue weighted by Crippen LogP contribution is 2.21. The molecular formula is C12H23N3O. The zero-order chi connectivity index (χ0) is 12.0. The molecule has 0 amide bonds. The maximum absolute atomic E-state index is 5.56. The minimum Gasteiger partial charge on any atom is -0.379 e. The van der Waals surface area contributed by atoms with Crippen molar-refractivity contribution in [2.45, 2.75) is 45.4 Å². The molecule has 4 heteroatoms. The standard InChI is InChI=1S/C12H23N3O/c1-5-7-11(16-4)12(13-3)10-8-9-14-15(10)6-2/h8-9,11-13H,5-7H2,1-4H3. The molecule has 1 N–H and O–H groups in total. The maximum atomic E-state index is 5.56. The Balaban J connectivity index is 2.87. The minimum atomic E-state index is 0.206. The van der Waals surface area contributed by atoms with Crippen LogP contribution < -0.4 is 5.32 Å². The molecule has 0 bridgehead atoms. The number of nitrogens with zero attached hydrogens (tertiary/aromatic N) is 2. The van der Waals surface area contributed by atoms with E-state index in [9.17, 15) is 0 Å². The lowest BCUT2D eigenvalue weighted by atomic mass is 10.0. The van der Waals surface area contributed by atoms with Crippen LogP contribution in [0.3, 0.4) is 0 Å². The molecule has 0 aliphatic heterocycles. The zero-order valence-electron chi connectivity index (χ0n) is 10.7. The van der Waals surface area contributed by atoms with Gasteiger partial charge in [0, 0.05) is 19.9 Å². The molecule has 1 rings (SSSR count). The van der Waals surface area contributed by atoms with E-state index in [4.69, 9.17) is 4.74 Å². The van der Waals surface area contributed by atoms with Gasteiger partial charge in [-0.1, -0.05) is 13.3 Å². The molecule has 0 aliphatic carbocycles. The summed E-state index contributed by atoms with van der Waals surface area (Å²) >= 11 is 0. The molecule has 92 valence electrons. The normalized spacial score (nSPS) is 15.0. The highest BCUT2D eigenvalue weighted by molar-refractivity contribution is 5.09. The fraction of sp³-hybridized carbons (Fsp3) is 0.750. The summed E-state index contributed by atoms with van der Waals surface area (Å²) in [6, 6.07) is 2.28. The predicted molar refractivity (Wildman–Crippen MR) is 65.4 cm³/mol. The molecule has 2 atom stereocenters. The Morgan fingerprint density at radius 1 is 1.50 bits per heavy atom. The van der Waals surface area contributed by atoms with E-state index in [1.54, 1.807) is 7.11 Å². The number of ether oxygens (including phenoxy) is 1. The summed E-state index contributed by atoms with van der Waals surface area (Å²) in [5.41, 5.74) is 1.20. The van der Waals surface area contributed by atoms with Crippen LogP contribution in [0.4, 0.5) is 0 Å². The summed E-state index contributed by atoms with van der Waals surface area (Å²) in [5, 5.41) is 7.63. The van der Waals surface area contributed by atoms with Gasteiger partial charge in [0.05, 0.1) is 17.8 Å². The monoisotopic (exact) mass is 225 g/mol. The topological polar surface area (TPSA) is 39.1 Å². The van der Waals surface area contributed by atoms with Gasteiger partial charge in [0.2, 0.25) is 0 Å². The van der Waals surface area contributed by atoms with Crippen molar-refractivity contribution in [3.63, 3.8) is 0 Å². The molecule has 0 aliphatic rings. The Hall–Kier alpha value is -0.870. The average Bonchev–Trinajstić information content (AvgIpc) is 2.77. The highest BCUT2D eigenvalue weighted by atomic mass is 16.5. The van der Waals surface area contributed by atoms with Crippen molar-refractivity contribution in [1.29, 1.82) is 0 Å². The molecule has 4 nitrogen and oxygen atoms in total. The molecule has 0 radical (unpaired) electrons. The van der Waals surface area contributed by atoms with E-state index in [2.05, 4.69) is 30.3 Å². The molecule has 0 aromatic carbocycles. The van der Waals surface area contributed by atoms with Gasteiger partial charge in [-0.15, -0.1) is 0 Å². The van der Waals surface area contributed by atoms with Gasteiger partial charge in [-0.05, 0) is 26.5 Å². The van der Waals surface area contributed by atoms with Crippen molar-refractivity contribution in [3.05, 3.63) is 18.0 Å². The van der Waals surface area contributed by atoms with Gasteiger partial charge in [0.15, 0.2) is 0 Å². The summed E-state index contributed by atoms with van der Waals surface area (Å²) in [6.45, 7) is 5.17. The first kappa shape index (κ1) is 13.2. The summed E-state index contributed by atoms with van der Waals surface area (Å²) in [6.07, 6.45) is 4.23. The van der Waals surface area contributed by atoms with E-state index in [-0.39, 0.29) is 12.1 Å². The first-order chi connectivity index (χ1) is 7.78. The molecule has 1 heterocycles. The van der Waals surface area contributed by atoms with Crippen molar-refractivity contribution in [1.82, 2.24) is 15.1 Å². The van der Waals surface area contributed by atoms with Crippen LogP contribution in [0.1, 0.15) is 38.4 Å². The van der Waals surface area contributed by atoms with Crippen molar-refractivity contribution in [2.24, 2.45) is 0 Å². The van der Waals surface area contributed by atoms with E-state index >= 15 is 0 Å². The van der Waals surface area contributed by atoms with E-state index < -0.39 is 0 Å². The Morgan fingerprint density at radius 3 is 2.75 bits per heavy atom. The molecule has 16 heavy (non-hydrogen) atoms. The van der Waals surface area contributed by atoms with Crippen LogP contribution in [0, 0.1) is 0 Å². The van der Waals surface area contributed by atoms with Crippen LogP contribution in [0.5, 0.6) is 0 Å². The molecule has 0 fully saturated rings. The number of aryl methyl sites for hydroxylation is 1. The van der Waals surface area contributed by atoms with Gasteiger partial charge >= 0.3 is 0 Å². The molecular weight excluding hydrogens is 202 g/mol. The molecule has 2 unspecified atom stereocenters. The number of nitrogens with one attached hydrogen (secondary N) is 1. The fourth-order valence-electron chi connectivity index (χ4n) is 2.10. The third kappa shape index (κ3) is 2.83. The first-order valence-electron chi connectivity index (χ1n) is 6.00. The minimum absolute atomic E-state index is 0.206. The third-order valence-electron chi connectivity index (χ3n) is 2.93. The number of hydrogen-bond donors (Lipinski definition) is 1. The van der Waals surface area contributed by atoms with E-state index in [0.29, 0.717) is 0 Å². The summed E-state index contributed by atoms with van der Waals surface area (Å²) < 4.78 is 7.58. The first-order valence-corrected chi connectivity index (χ1v) is 6.00. The second-order valence-electron chi connectivity index (χ2n) is 3.90. The summed E-state index contributed by atoms with van der Waals surface area (Å²) in [5.74, 6) is 0. The van der Waals surface area contributed by atoms with Crippen molar-refractivity contribution in [3.8, 4) is 0 Å². The van der Waals surface area contributed by atoms with Gasteiger partial charge in [0.25, 0.3) is 0 Å². The van der Waals surface area contributed by atoms with Gasteiger partial charge in [-0.3, -0.25) is 4.68 Å². The Labute approximate surface area is 98.0 Å². The largest absolute Gasteiger partial charge is 0.379 e. The lowest BCUT2D eigenvalue weighted by Gasteiger charge is -2.26. The zero-order valence-corrected chi connectivity index (χ0v) is 10.7. The number of methoxy groups -OCH3 is 1. The summed E-state index contributed by atoms with van der Waals surface area (Å²) in [7, 11) is 3.75. The Bertz CT molecular complexity index is 298. The molecule has 0 saturated heterocycles. The van der Waals surface area contributed by atoms with Gasteiger partial charge in [-0.25, -0.2) is 0 Å². The fourth-order valence-corrected chi connectivity index (χ4v) is 2.10. The van der Waals surface area contributed by atoms with Crippen molar-refractivity contribution < 1.29 is 4.74 Å². The number of likely N-dealkylation sites (N-methyl/N-ethyl adjacent to an activating group) is 1. The number of hydrogen-bond acceptors (Lipinski definition) is 3. The average molecular weight is 225 g/mol. The molecule has 1 aromatic heterocycles. The van der Waals surface area contributed by atoms with Crippen LogP contribution in [-0.2, 0) is 11.3 Å². The third-order valence-corrected chi connectivity index (χ3v) is 2.93. The van der Waals surface area contributed by atoms with Gasteiger partial charge in [0.1, 0.15) is 0 Å². The lowest BCUT2D eigenvalue weighted by Crippen LogP contribution is -2.32. The number of aromatic nitrogens is 2. The van der Waals surface area contributed by atoms with Crippen LogP contribution >= 0.6 is 0 Å². The second-order valence-corrected chi connectivity index (χ2v) is 3.90. The Kier molecular flexibility index (Phi) is 5.49. The second kappa shape index (κ2) is 6.66. The van der Waals surface area contributed by atoms with Crippen LogP contribution in [0.2, 0.25) is 0 Å². The lowest BCUT2D eigenvalue weighted by molar-refractivity contribution is 0.0603. The van der Waals surface area contributed by atoms with Crippen LogP contribution in [0.25, 0.3) is 0 Å². The summed E-state index contributed by atoms with van der Waals surface area (Å²) in [4.78, 5) is 0. The van der Waals surface area contributed by atoms with Crippen molar-refractivity contribution >= 4 is 0 Å². The SMILES string of the molecule is CCCC(OC)C(NC)c1ccnn1CC. The molecule has 0 spiro atoms. The molecule has 0 saturated carbocycles. The van der Waals surface area contributed by atoms with Crippen LogP contribution in [-0.4, -0.2) is 30.0 Å². The van der Waals surface area contributed by atoms with E-state index in [1.807, 2.05) is 17.9 Å². The van der Waals surface area contributed by atoms with E-state index in [1.165, 1.54) is 5.69 Å². The Morgan fingerprint density at radius 2 is 2.25 bits per heavy atom. The van der Waals surface area contributed by atoms with Crippen LogP contribution in [0.15, 0.2) is 12.3 Å². The van der Waals surface area contributed by atoms with Gasteiger partial charge in [-0.2, -0.15) is 5.10 Å². The smallest absolute Gasteiger partial charge is 0.0781 e. The van der Waals surface area contributed by atoms with Crippen molar-refractivity contribution in [2.75, 3.05) is 14.2 Å². The predicted octanol–water partition coefficient (Wildman–Crippen LogP) is 1.98. The molecule has 1 aromatic rings. The van der Waals surface area contributed by atoms with Gasteiger partial charge < -0.3 is 10.1 Å². The quantitative estimate of drug-likeness (QED) is 0.771.